The first kappa shape index (κ1) is 20.3. The number of aromatic nitrogens is 2. The lowest BCUT2D eigenvalue weighted by Crippen LogP contribution is -2.30. The topological polar surface area (TPSA) is 55.3 Å². The fraction of sp³-hybridized carbons (Fsp3) is 0.174. The van der Waals surface area contributed by atoms with Crippen molar-refractivity contribution in [2.24, 2.45) is 0 Å². The minimum absolute atomic E-state index is 0.129. The highest BCUT2D eigenvalue weighted by atomic mass is 35.5. The number of carbonyl (C=O) groups excluding carboxylic acids is 1. The fourth-order valence-corrected chi connectivity index (χ4v) is 4.41. The van der Waals surface area contributed by atoms with Crippen LogP contribution in [0, 0.1) is 13.8 Å². The van der Waals surface area contributed by atoms with Gasteiger partial charge in [0.2, 0.25) is 0 Å². The van der Waals surface area contributed by atoms with Gasteiger partial charge in [-0.15, -0.1) is 0 Å². The zero-order valence-corrected chi connectivity index (χ0v) is 18.4. The number of pyridine rings is 1. The Hall–Kier alpha value is -2.96. The third-order valence-electron chi connectivity index (χ3n) is 4.96. The molecule has 2 aromatic heterocycles. The Morgan fingerprint density at radius 2 is 2.00 bits per heavy atom. The zero-order valence-electron chi connectivity index (χ0n) is 16.8. The van der Waals surface area contributed by atoms with E-state index in [4.69, 9.17) is 21.3 Å². The number of fused-ring (bicyclic) bond motifs is 1. The molecule has 0 aliphatic carbocycles. The number of ether oxygens (including phenoxy) is 1. The van der Waals surface area contributed by atoms with Crippen molar-refractivity contribution in [3.05, 3.63) is 82.1 Å². The molecule has 0 unspecified atom stereocenters. The Bertz CT molecular complexity index is 1220. The van der Waals surface area contributed by atoms with Crippen LogP contribution in [-0.2, 0) is 6.54 Å². The number of carbonyl (C=O) groups is 1. The Labute approximate surface area is 183 Å². The zero-order chi connectivity index (χ0) is 21.3. The first-order chi connectivity index (χ1) is 14.5. The van der Waals surface area contributed by atoms with Crippen molar-refractivity contribution in [2.75, 3.05) is 12.0 Å². The predicted octanol–water partition coefficient (Wildman–Crippen LogP) is 5.82. The van der Waals surface area contributed by atoms with Crippen LogP contribution >= 0.6 is 22.9 Å². The van der Waals surface area contributed by atoms with Crippen LogP contribution < -0.4 is 9.64 Å². The van der Waals surface area contributed by atoms with E-state index in [9.17, 15) is 4.79 Å². The smallest absolute Gasteiger partial charge is 0.260 e. The highest BCUT2D eigenvalue weighted by molar-refractivity contribution is 7.23. The summed E-state index contributed by atoms with van der Waals surface area (Å²) in [5, 5.41) is 1.14. The molecule has 0 N–H and O–H groups in total. The summed E-state index contributed by atoms with van der Waals surface area (Å²) in [7, 11) is 1.59. The first-order valence-electron chi connectivity index (χ1n) is 9.39. The average Bonchev–Trinajstić information content (AvgIpc) is 3.21. The van der Waals surface area contributed by atoms with Crippen molar-refractivity contribution in [1.29, 1.82) is 0 Å². The summed E-state index contributed by atoms with van der Waals surface area (Å²) in [6.45, 7) is 4.37. The van der Waals surface area contributed by atoms with Gasteiger partial charge in [-0.2, -0.15) is 0 Å². The van der Waals surface area contributed by atoms with Crippen LogP contribution in [0.4, 0.5) is 5.13 Å². The molecule has 5 nitrogen and oxygen atoms in total. The number of nitrogens with zero attached hydrogens (tertiary/aromatic N) is 3. The SMILES string of the molecule is COc1ccc(Cl)c2sc(N(Cc3cccnc3)C(=O)c3ccc(C)c(C)c3)nc12. The van der Waals surface area contributed by atoms with Gasteiger partial charge in [-0.3, -0.25) is 14.7 Å². The van der Waals surface area contributed by atoms with E-state index < -0.39 is 0 Å². The summed E-state index contributed by atoms with van der Waals surface area (Å²) in [4.78, 5) is 24.1. The van der Waals surface area contributed by atoms with Crippen LogP contribution in [0.3, 0.4) is 0 Å². The number of aryl methyl sites for hydroxylation is 2. The number of anilines is 1. The number of hydrogen-bond acceptors (Lipinski definition) is 5. The van der Waals surface area contributed by atoms with Crippen LogP contribution in [-0.4, -0.2) is 23.0 Å². The molecule has 0 radical (unpaired) electrons. The number of hydrogen-bond donors (Lipinski definition) is 0. The van der Waals surface area contributed by atoms with Gasteiger partial charge in [0.05, 0.1) is 23.4 Å². The Kier molecular flexibility index (Phi) is 5.70. The second kappa shape index (κ2) is 8.42. The van der Waals surface area contributed by atoms with Gasteiger partial charge in [0, 0.05) is 18.0 Å². The molecule has 0 aliphatic rings. The lowest BCUT2D eigenvalue weighted by molar-refractivity contribution is 0.0985. The van der Waals surface area contributed by atoms with Crippen LogP contribution in [0.1, 0.15) is 27.0 Å². The molecule has 2 aromatic carbocycles. The van der Waals surface area contributed by atoms with E-state index in [1.807, 2.05) is 44.2 Å². The molecule has 0 bridgehead atoms. The summed E-state index contributed by atoms with van der Waals surface area (Å²) in [5.41, 5.74) is 4.37. The molecule has 0 aliphatic heterocycles. The Balaban J connectivity index is 1.83. The molecule has 0 atom stereocenters. The highest BCUT2D eigenvalue weighted by Gasteiger charge is 2.24. The maximum Gasteiger partial charge on any atom is 0.260 e. The molecule has 0 spiro atoms. The van der Waals surface area contributed by atoms with Gasteiger partial charge in [0.15, 0.2) is 5.13 Å². The van der Waals surface area contributed by atoms with Gasteiger partial charge in [-0.25, -0.2) is 4.98 Å². The number of benzene rings is 2. The fourth-order valence-electron chi connectivity index (χ4n) is 3.15. The molecule has 4 aromatic rings. The summed E-state index contributed by atoms with van der Waals surface area (Å²) in [6.07, 6.45) is 3.46. The van der Waals surface area contributed by atoms with Crippen molar-refractivity contribution >= 4 is 44.2 Å². The van der Waals surface area contributed by atoms with Gasteiger partial charge in [0.1, 0.15) is 11.3 Å². The summed E-state index contributed by atoms with van der Waals surface area (Å²) in [6, 6.07) is 13.1. The molecular weight excluding hydrogens is 418 g/mol. The van der Waals surface area contributed by atoms with E-state index in [1.165, 1.54) is 11.3 Å². The predicted molar refractivity (Wildman–Crippen MR) is 122 cm³/mol. The molecule has 4 rings (SSSR count). The second-order valence-electron chi connectivity index (χ2n) is 6.98. The van der Waals surface area contributed by atoms with E-state index in [-0.39, 0.29) is 5.91 Å². The minimum atomic E-state index is -0.129. The van der Waals surface area contributed by atoms with Crippen molar-refractivity contribution < 1.29 is 9.53 Å². The number of thiazole rings is 1. The lowest BCUT2D eigenvalue weighted by atomic mass is 10.1. The molecular formula is C23H20ClN3O2S. The van der Waals surface area contributed by atoms with Crippen LogP contribution in [0.15, 0.2) is 54.9 Å². The third kappa shape index (κ3) is 3.88. The second-order valence-corrected chi connectivity index (χ2v) is 8.36. The summed E-state index contributed by atoms with van der Waals surface area (Å²) in [5.74, 6) is 0.493. The first-order valence-corrected chi connectivity index (χ1v) is 10.6. The molecule has 0 saturated carbocycles. The van der Waals surface area contributed by atoms with Gasteiger partial charge >= 0.3 is 0 Å². The third-order valence-corrected chi connectivity index (χ3v) is 6.50. The molecule has 0 saturated heterocycles. The summed E-state index contributed by atoms with van der Waals surface area (Å²) < 4.78 is 6.23. The number of halogens is 1. The molecule has 7 heteroatoms. The molecule has 152 valence electrons. The van der Waals surface area contributed by atoms with Crippen molar-refractivity contribution in [1.82, 2.24) is 9.97 Å². The quantitative estimate of drug-likeness (QED) is 0.395. The van der Waals surface area contributed by atoms with Crippen molar-refractivity contribution in [3.63, 3.8) is 0 Å². The van der Waals surface area contributed by atoms with E-state index in [1.54, 1.807) is 36.5 Å². The Morgan fingerprint density at radius 1 is 1.17 bits per heavy atom. The monoisotopic (exact) mass is 437 g/mol. The van der Waals surface area contributed by atoms with Gasteiger partial charge < -0.3 is 4.74 Å². The lowest BCUT2D eigenvalue weighted by Gasteiger charge is -2.20. The van der Waals surface area contributed by atoms with E-state index >= 15 is 0 Å². The van der Waals surface area contributed by atoms with Gasteiger partial charge in [-0.05, 0) is 60.9 Å². The van der Waals surface area contributed by atoms with Crippen LogP contribution in [0.25, 0.3) is 10.2 Å². The van der Waals surface area contributed by atoms with Crippen molar-refractivity contribution in [3.8, 4) is 5.75 Å². The molecule has 2 heterocycles. The van der Waals surface area contributed by atoms with Crippen LogP contribution in [0.5, 0.6) is 5.75 Å². The van der Waals surface area contributed by atoms with E-state index in [0.29, 0.717) is 33.5 Å². The van der Waals surface area contributed by atoms with Crippen molar-refractivity contribution in [2.45, 2.75) is 20.4 Å². The van der Waals surface area contributed by atoms with Crippen LogP contribution in [0.2, 0.25) is 5.02 Å². The summed E-state index contributed by atoms with van der Waals surface area (Å²) >= 11 is 7.77. The number of rotatable bonds is 5. The standard InChI is InChI=1S/C23H20ClN3O2S/c1-14-6-7-17(11-15(14)2)22(28)27(13-16-5-4-10-25-12-16)23-26-20-19(29-3)9-8-18(24)21(20)30-23/h4-12H,13H2,1-3H3. The van der Waals surface area contributed by atoms with E-state index in [2.05, 4.69) is 4.98 Å². The van der Waals surface area contributed by atoms with Gasteiger partial charge in [0.25, 0.3) is 5.91 Å². The molecule has 30 heavy (non-hydrogen) atoms. The number of amides is 1. The maximum atomic E-state index is 13.5. The normalized spacial score (nSPS) is 10.9. The maximum absolute atomic E-state index is 13.5. The van der Waals surface area contributed by atoms with E-state index in [0.717, 1.165) is 21.4 Å². The molecule has 1 amide bonds. The average molecular weight is 438 g/mol. The minimum Gasteiger partial charge on any atom is -0.494 e. The van der Waals surface area contributed by atoms with Gasteiger partial charge in [-0.1, -0.05) is 35.1 Å². The largest absolute Gasteiger partial charge is 0.494 e. The highest BCUT2D eigenvalue weighted by Crippen LogP contribution is 2.39. The Morgan fingerprint density at radius 3 is 2.70 bits per heavy atom. The molecule has 0 fully saturated rings. The number of methoxy groups -OCH3 is 1.